The third-order valence-electron chi connectivity index (χ3n) is 5.42. The van der Waals surface area contributed by atoms with Gasteiger partial charge in [0.1, 0.15) is 16.1 Å². The van der Waals surface area contributed by atoms with Gasteiger partial charge in [-0.1, -0.05) is 26.0 Å². The Morgan fingerprint density at radius 2 is 2.06 bits per heavy atom. The van der Waals surface area contributed by atoms with Crippen molar-refractivity contribution >= 4 is 39.4 Å². The Morgan fingerprint density at radius 3 is 2.75 bits per heavy atom. The van der Waals surface area contributed by atoms with Gasteiger partial charge in [-0.25, -0.2) is 4.79 Å². The standard InChI is InChI=1S/C22H25N5O4S/c1-12(2)11-26-19-16(13(3)24-26)10-17(32-19)18(28)25-27-20(29)22(4,23-21(27)30)14-7-6-8-15(9-14)31-5/h6-10,12H,11H2,1-5H3,(H,23,30)(H,25,28). The molecule has 0 saturated carbocycles. The molecule has 2 N–H and O–H groups in total. The van der Waals surface area contributed by atoms with Gasteiger partial charge < -0.3 is 10.1 Å². The second kappa shape index (κ2) is 7.94. The van der Waals surface area contributed by atoms with Crippen LogP contribution in [0.1, 0.15) is 41.7 Å². The van der Waals surface area contributed by atoms with E-state index in [1.165, 1.54) is 18.4 Å². The maximum absolute atomic E-state index is 13.1. The molecule has 0 radical (unpaired) electrons. The Hall–Kier alpha value is -3.40. The molecule has 0 aliphatic carbocycles. The number of amides is 4. The minimum atomic E-state index is -1.33. The molecular formula is C22H25N5O4S. The third kappa shape index (κ3) is 3.60. The summed E-state index contributed by atoms with van der Waals surface area (Å²) in [4.78, 5) is 39.9. The molecule has 32 heavy (non-hydrogen) atoms. The van der Waals surface area contributed by atoms with Crippen molar-refractivity contribution in [1.82, 2.24) is 25.5 Å². The van der Waals surface area contributed by atoms with Crippen LogP contribution in [0.3, 0.4) is 0 Å². The molecule has 1 unspecified atom stereocenters. The average molecular weight is 456 g/mol. The Bertz CT molecular complexity index is 1230. The lowest BCUT2D eigenvalue weighted by Gasteiger charge is -2.22. The zero-order valence-electron chi connectivity index (χ0n) is 18.6. The normalized spacial score (nSPS) is 18.5. The molecular weight excluding hydrogens is 430 g/mol. The fraction of sp³-hybridized carbons (Fsp3) is 0.364. The molecule has 3 heterocycles. The second-order valence-electron chi connectivity index (χ2n) is 8.36. The number of hydrazine groups is 1. The summed E-state index contributed by atoms with van der Waals surface area (Å²) in [6.07, 6.45) is 0. The molecule has 1 atom stereocenters. The number of carbonyl (C=O) groups is 3. The molecule has 0 spiro atoms. The first kappa shape index (κ1) is 21.8. The number of imide groups is 1. The van der Waals surface area contributed by atoms with Crippen molar-refractivity contribution in [2.24, 2.45) is 5.92 Å². The van der Waals surface area contributed by atoms with Crippen molar-refractivity contribution in [1.29, 1.82) is 0 Å². The number of methoxy groups -OCH3 is 1. The Kier molecular flexibility index (Phi) is 5.41. The van der Waals surface area contributed by atoms with Crippen LogP contribution in [-0.4, -0.2) is 39.7 Å². The molecule has 4 amide bonds. The van der Waals surface area contributed by atoms with Crippen LogP contribution in [-0.2, 0) is 16.9 Å². The Labute approximate surface area is 189 Å². The highest BCUT2D eigenvalue weighted by molar-refractivity contribution is 7.20. The largest absolute Gasteiger partial charge is 0.497 e. The molecule has 1 aromatic carbocycles. The summed E-state index contributed by atoms with van der Waals surface area (Å²) in [7, 11) is 1.52. The van der Waals surface area contributed by atoms with Gasteiger partial charge in [-0.3, -0.25) is 19.7 Å². The Morgan fingerprint density at radius 1 is 1.31 bits per heavy atom. The predicted molar refractivity (Wildman–Crippen MR) is 120 cm³/mol. The van der Waals surface area contributed by atoms with E-state index in [4.69, 9.17) is 4.74 Å². The van der Waals surface area contributed by atoms with E-state index in [9.17, 15) is 14.4 Å². The number of urea groups is 1. The van der Waals surface area contributed by atoms with E-state index in [0.29, 0.717) is 22.1 Å². The van der Waals surface area contributed by atoms with Gasteiger partial charge in [0.05, 0.1) is 17.7 Å². The number of rotatable bonds is 6. The lowest BCUT2D eigenvalue weighted by molar-refractivity contribution is -0.132. The summed E-state index contributed by atoms with van der Waals surface area (Å²) in [5.41, 5.74) is 2.52. The fourth-order valence-electron chi connectivity index (χ4n) is 3.72. The van der Waals surface area contributed by atoms with Crippen LogP contribution in [0.4, 0.5) is 4.79 Å². The molecule has 1 saturated heterocycles. The van der Waals surface area contributed by atoms with Crippen LogP contribution in [0.25, 0.3) is 10.2 Å². The van der Waals surface area contributed by atoms with Crippen LogP contribution in [0.5, 0.6) is 5.75 Å². The number of hydrogen-bond donors (Lipinski definition) is 2. The number of benzene rings is 1. The van der Waals surface area contributed by atoms with Gasteiger partial charge in [-0.15, -0.1) is 11.3 Å². The van der Waals surface area contributed by atoms with Gasteiger partial charge in [-0.05, 0) is 43.5 Å². The van der Waals surface area contributed by atoms with Gasteiger partial charge in [-0.2, -0.15) is 10.1 Å². The fourth-order valence-corrected chi connectivity index (χ4v) is 4.78. The third-order valence-corrected chi connectivity index (χ3v) is 6.57. The number of hydrogen-bond acceptors (Lipinski definition) is 6. The van der Waals surface area contributed by atoms with E-state index in [-0.39, 0.29) is 0 Å². The summed E-state index contributed by atoms with van der Waals surface area (Å²) in [5.74, 6) is -0.145. The summed E-state index contributed by atoms with van der Waals surface area (Å²) in [5, 5.41) is 8.84. The van der Waals surface area contributed by atoms with Gasteiger partial charge in [0.2, 0.25) is 0 Å². The van der Waals surface area contributed by atoms with E-state index in [2.05, 4.69) is 29.7 Å². The highest BCUT2D eigenvalue weighted by atomic mass is 32.1. The van der Waals surface area contributed by atoms with E-state index in [1.54, 1.807) is 37.3 Å². The number of carbonyl (C=O) groups excluding carboxylic acids is 3. The minimum absolute atomic E-state index is 0.397. The molecule has 4 rings (SSSR count). The molecule has 168 valence electrons. The first-order valence-corrected chi connectivity index (χ1v) is 11.0. The number of nitrogens with zero attached hydrogens (tertiary/aromatic N) is 3. The van der Waals surface area contributed by atoms with E-state index < -0.39 is 23.4 Å². The number of aromatic nitrogens is 2. The summed E-state index contributed by atoms with van der Waals surface area (Å²) < 4.78 is 7.12. The van der Waals surface area contributed by atoms with Gasteiger partial charge >= 0.3 is 6.03 Å². The van der Waals surface area contributed by atoms with E-state index in [1.807, 2.05) is 11.6 Å². The topological polar surface area (TPSA) is 106 Å². The minimum Gasteiger partial charge on any atom is -0.497 e. The van der Waals surface area contributed by atoms with Crippen molar-refractivity contribution in [3.8, 4) is 5.75 Å². The number of thiophene rings is 1. The number of nitrogens with one attached hydrogen (secondary N) is 2. The zero-order valence-corrected chi connectivity index (χ0v) is 19.4. The molecule has 10 heteroatoms. The van der Waals surface area contributed by atoms with E-state index >= 15 is 0 Å². The predicted octanol–water partition coefficient (Wildman–Crippen LogP) is 3.18. The van der Waals surface area contributed by atoms with Crippen LogP contribution in [0.2, 0.25) is 0 Å². The number of ether oxygens (including phenoxy) is 1. The van der Waals surface area contributed by atoms with Crippen LogP contribution in [0.15, 0.2) is 30.3 Å². The van der Waals surface area contributed by atoms with Crippen molar-refractivity contribution in [3.63, 3.8) is 0 Å². The molecule has 9 nitrogen and oxygen atoms in total. The molecule has 3 aromatic rings. The monoisotopic (exact) mass is 455 g/mol. The maximum atomic E-state index is 13.1. The van der Waals surface area contributed by atoms with Crippen molar-refractivity contribution in [2.75, 3.05) is 7.11 Å². The van der Waals surface area contributed by atoms with Crippen molar-refractivity contribution < 1.29 is 19.1 Å². The molecule has 1 aliphatic heterocycles. The van der Waals surface area contributed by atoms with Gasteiger partial charge in [0, 0.05) is 11.9 Å². The lowest BCUT2D eigenvalue weighted by Crippen LogP contribution is -2.47. The highest BCUT2D eigenvalue weighted by Crippen LogP contribution is 2.31. The molecule has 0 bridgehead atoms. The molecule has 1 aliphatic rings. The van der Waals surface area contributed by atoms with Crippen molar-refractivity contribution in [3.05, 3.63) is 46.5 Å². The quantitative estimate of drug-likeness (QED) is 0.556. The molecule has 1 fully saturated rings. The average Bonchev–Trinajstić information content (AvgIpc) is 3.38. The lowest BCUT2D eigenvalue weighted by atomic mass is 9.92. The maximum Gasteiger partial charge on any atom is 0.344 e. The van der Waals surface area contributed by atoms with Gasteiger partial charge in [0.15, 0.2) is 0 Å². The first-order valence-electron chi connectivity index (χ1n) is 10.2. The number of fused-ring (bicyclic) bond motifs is 1. The van der Waals surface area contributed by atoms with Crippen LogP contribution < -0.4 is 15.5 Å². The first-order chi connectivity index (χ1) is 15.1. The second-order valence-corrected chi connectivity index (χ2v) is 9.39. The van der Waals surface area contributed by atoms with Crippen LogP contribution in [0, 0.1) is 12.8 Å². The SMILES string of the molecule is COc1cccc(C2(C)NC(=O)N(NC(=O)c3cc4c(C)nn(CC(C)C)c4s3)C2=O)c1. The summed E-state index contributed by atoms with van der Waals surface area (Å²) in [6, 6.07) is 7.93. The van der Waals surface area contributed by atoms with E-state index in [0.717, 1.165) is 27.5 Å². The summed E-state index contributed by atoms with van der Waals surface area (Å²) in [6.45, 7) is 8.42. The van der Waals surface area contributed by atoms with Crippen molar-refractivity contribution in [2.45, 2.75) is 39.8 Å². The smallest absolute Gasteiger partial charge is 0.344 e. The Balaban J connectivity index is 1.58. The number of aryl methyl sites for hydroxylation is 1. The zero-order chi connectivity index (χ0) is 23.2. The van der Waals surface area contributed by atoms with Gasteiger partial charge in [0.25, 0.3) is 11.8 Å². The molecule has 2 aromatic heterocycles. The van der Waals surface area contributed by atoms with Crippen LogP contribution >= 0.6 is 11.3 Å². The summed E-state index contributed by atoms with van der Waals surface area (Å²) >= 11 is 1.28. The highest BCUT2D eigenvalue weighted by Gasteiger charge is 2.50.